The fourth-order valence-corrected chi connectivity index (χ4v) is 3.37. The lowest BCUT2D eigenvalue weighted by Crippen LogP contribution is -2.45. The topological polar surface area (TPSA) is 59.5 Å². The largest absolute Gasteiger partial charge is 0.336 e. The number of hydrogen-bond acceptors (Lipinski definition) is 4. The van der Waals surface area contributed by atoms with Crippen molar-refractivity contribution >= 4 is 11.6 Å². The molecule has 0 bridgehead atoms. The number of nitrogens with two attached hydrogens (primary N) is 1. The molecule has 21 heavy (non-hydrogen) atoms. The number of fused-ring (bicyclic) bond motifs is 1. The zero-order chi connectivity index (χ0) is 14.8. The molecule has 0 amide bonds. The molecule has 1 fully saturated rings. The molecule has 114 valence electrons. The van der Waals surface area contributed by atoms with E-state index in [1.165, 1.54) is 36.0 Å². The second kappa shape index (κ2) is 5.97. The van der Waals surface area contributed by atoms with Gasteiger partial charge in [0.25, 0.3) is 0 Å². The fourth-order valence-electron chi connectivity index (χ4n) is 3.37. The molecule has 2 aromatic rings. The highest BCUT2D eigenvalue weighted by atomic mass is 19.1. The van der Waals surface area contributed by atoms with E-state index in [-0.39, 0.29) is 5.82 Å². The Morgan fingerprint density at radius 3 is 2.95 bits per heavy atom. The molecular weight excluding hydrogens is 269 g/mol. The number of halogens is 1. The van der Waals surface area contributed by atoms with Crippen LogP contribution in [-0.4, -0.2) is 33.7 Å². The molecule has 0 spiro atoms. The van der Waals surface area contributed by atoms with Crippen molar-refractivity contribution < 1.29 is 4.39 Å². The van der Waals surface area contributed by atoms with Gasteiger partial charge in [-0.3, -0.25) is 0 Å². The van der Waals surface area contributed by atoms with Crippen molar-refractivity contribution in [3.63, 3.8) is 0 Å². The van der Waals surface area contributed by atoms with E-state index in [2.05, 4.69) is 21.9 Å². The van der Waals surface area contributed by atoms with E-state index in [9.17, 15) is 4.39 Å². The fraction of sp³-hybridized carbons (Fsp3) is 0.600. The van der Waals surface area contributed by atoms with Crippen molar-refractivity contribution in [1.82, 2.24) is 14.6 Å². The Morgan fingerprint density at radius 2 is 2.19 bits per heavy atom. The molecule has 0 aromatic carbocycles. The van der Waals surface area contributed by atoms with Crippen LogP contribution in [0.2, 0.25) is 0 Å². The van der Waals surface area contributed by atoms with Crippen LogP contribution in [0.1, 0.15) is 32.6 Å². The van der Waals surface area contributed by atoms with Gasteiger partial charge in [0.1, 0.15) is 5.82 Å². The first-order valence-electron chi connectivity index (χ1n) is 7.71. The molecule has 0 aliphatic heterocycles. The average molecular weight is 291 g/mol. The summed E-state index contributed by atoms with van der Waals surface area (Å²) in [6.45, 7) is 3.64. The maximum absolute atomic E-state index is 13.3. The number of anilines is 1. The third kappa shape index (κ3) is 2.72. The molecule has 3 rings (SSSR count). The third-order valence-corrected chi connectivity index (χ3v) is 4.45. The van der Waals surface area contributed by atoms with Gasteiger partial charge in [-0.05, 0) is 44.4 Å². The number of hydrogen-bond donors (Lipinski definition) is 1. The highest BCUT2D eigenvalue weighted by Gasteiger charge is 2.30. The van der Waals surface area contributed by atoms with Crippen molar-refractivity contribution in [3.05, 3.63) is 24.1 Å². The Hall–Kier alpha value is -1.69. The minimum atomic E-state index is -0.306. The molecule has 1 saturated carbocycles. The van der Waals surface area contributed by atoms with Gasteiger partial charge in [0.2, 0.25) is 5.95 Å². The summed E-state index contributed by atoms with van der Waals surface area (Å²) in [5.41, 5.74) is 6.61. The van der Waals surface area contributed by atoms with E-state index in [1.807, 2.05) is 0 Å². The van der Waals surface area contributed by atoms with E-state index in [0.717, 1.165) is 13.0 Å². The molecule has 6 heteroatoms. The van der Waals surface area contributed by atoms with Crippen molar-refractivity contribution in [2.24, 2.45) is 11.7 Å². The molecule has 0 radical (unpaired) electrons. The Morgan fingerprint density at radius 1 is 1.38 bits per heavy atom. The van der Waals surface area contributed by atoms with Crippen LogP contribution in [0.5, 0.6) is 0 Å². The molecule has 1 aliphatic carbocycles. The first-order chi connectivity index (χ1) is 10.2. The van der Waals surface area contributed by atoms with Crippen LogP contribution in [0, 0.1) is 11.7 Å². The number of pyridine rings is 1. The van der Waals surface area contributed by atoms with Gasteiger partial charge >= 0.3 is 0 Å². The zero-order valence-corrected chi connectivity index (χ0v) is 12.4. The van der Waals surface area contributed by atoms with Crippen LogP contribution in [0.3, 0.4) is 0 Å². The molecule has 1 aliphatic rings. The monoisotopic (exact) mass is 291 g/mol. The van der Waals surface area contributed by atoms with Crippen LogP contribution in [0.25, 0.3) is 5.65 Å². The Bertz CT molecular complexity index is 611. The van der Waals surface area contributed by atoms with E-state index in [4.69, 9.17) is 5.73 Å². The lowest BCUT2D eigenvalue weighted by molar-refractivity contribution is 0.298. The molecule has 2 atom stereocenters. The zero-order valence-electron chi connectivity index (χ0n) is 12.4. The van der Waals surface area contributed by atoms with Crippen LogP contribution >= 0.6 is 0 Å². The maximum Gasteiger partial charge on any atom is 0.245 e. The number of rotatable bonds is 4. The number of nitrogens with zero attached hydrogens (tertiary/aromatic N) is 4. The average Bonchev–Trinajstić information content (AvgIpc) is 2.91. The summed E-state index contributed by atoms with van der Waals surface area (Å²) in [6, 6.07) is 3.45. The maximum atomic E-state index is 13.3. The van der Waals surface area contributed by atoms with E-state index in [1.54, 1.807) is 6.07 Å². The van der Waals surface area contributed by atoms with E-state index < -0.39 is 0 Å². The third-order valence-electron chi connectivity index (χ3n) is 4.45. The summed E-state index contributed by atoms with van der Waals surface area (Å²) >= 11 is 0. The summed E-state index contributed by atoms with van der Waals surface area (Å²) in [5, 5.41) is 4.44. The van der Waals surface area contributed by atoms with Crippen LogP contribution in [-0.2, 0) is 0 Å². The Labute approximate surface area is 124 Å². The summed E-state index contributed by atoms with van der Waals surface area (Å²) in [7, 11) is 0. The van der Waals surface area contributed by atoms with Gasteiger partial charge in [-0.2, -0.15) is 4.98 Å². The first-order valence-corrected chi connectivity index (χ1v) is 7.71. The van der Waals surface area contributed by atoms with Crippen molar-refractivity contribution in [2.45, 2.75) is 38.6 Å². The molecule has 2 aromatic heterocycles. The Kier molecular flexibility index (Phi) is 4.05. The summed E-state index contributed by atoms with van der Waals surface area (Å²) in [5.74, 6) is 0.856. The van der Waals surface area contributed by atoms with Crippen molar-refractivity contribution in [1.29, 1.82) is 0 Å². The first kappa shape index (κ1) is 14.3. The van der Waals surface area contributed by atoms with Crippen LogP contribution in [0.4, 0.5) is 10.3 Å². The highest BCUT2D eigenvalue weighted by Crippen LogP contribution is 2.30. The van der Waals surface area contributed by atoms with Crippen LogP contribution in [0.15, 0.2) is 18.3 Å². The normalized spacial score (nSPS) is 22.6. The predicted molar refractivity (Wildman–Crippen MR) is 80.8 cm³/mol. The van der Waals surface area contributed by atoms with Gasteiger partial charge in [-0.15, -0.1) is 5.10 Å². The molecule has 5 nitrogen and oxygen atoms in total. The standard InChI is InChI=1S/C15H22FN5/c1-2-20(13-6-4-3-5-11(13)9-17)15-18-14-8-7-12(16)10-21(14)19-15/h7-8,10-11,13H,2-6,9,17H2,1H3. The summed E-state index contributed by atoms with van der Waals surface area (Å²) < 4.78 is 14.8. The van der Waals surface area contributed by atoms with Crippen LogP contribution < -0.4 is 10.6 Å². The molecular formula is C15H22FN5. The molecule has 2 unspecified atom stereocenters. The van der Waals surface area contributed by atoms with E-state index in [0.29, 0.717) is 30.1 Å². The minimum Gasteiger partial charge on any atom is -0.336 e. The minimum absolute atomic E-state index is 0.306. The van der Waals surface area contributed by atoms with Gasteiger partial charge in [0.15, 0.2) is 5.65 Å². The lowest BCUT2D eigenvalue weighted by atomic mass is 9.83. The van der Waals surface area contributed by atoms with Gasteiger partial charge in [-0.1, -0.05) is 12.8 Å². The SMILES string of the molecule is CCN(c1nc2ccc(F)cn2n1)C1CCCCC1CN. The van der Waals surface area contributed by atoms with Crippen molar-refractivity contribution in [3.8, 4) is 0 Å². The lowest BCUT2D eigenvalue weighted by Gasteiger charge is -2.38. The number of aromatic nitrogens is 3. The Balaban J connectivity index is 1.93. The highest BCUT2D eigenvalue weighted by molar-refractivity contribution is 5.45. The van der Waals surface area contributed by atoms with E-state index >= 15 is 0 Å². The predicted octanol–water partition coefficient (Wildman–Crippen LogP) is 2.21. The van der Waals surface area contributed by atoms with Crippen molar-refractivity contribution in [2.75, 3.05) is 18.0 Å². The summed E-state index contributed by atoms with van der Waals surface area (Å²) in [4.78, 5) is 6.76. The molecule has 0 saturated heterocycles. The smallest absolute Gasteiger partial charge is 0.245 e. The van der Waals surface area contributed by atoms with Gasteiger partial charge < -0.3 is 10.6 Å². The second-order valence-electron chi connectivity index (χ2n) is 5.70. The quantitative estimate of drug-likeness (QED) is 0.938. The van der Waals surface area contributed by atoms with Gasteiger partial charge in [0.05, 0.1) is 6.20 Å². The second-order valence-corrected chi connectivity index (χ2v) is 5.70. The summed E-state index contributed by atoms with van der Waals surface area (Å²) in [6.07, 6.45) is 6.12. The molecule has 2 heterocycles. The molecule has 2 N–H and O–H groups in total. The van der Waals surface area contributed by atoms with Gasteiger partial charge in [-0.25, -0.2) is 8.91 Å². The van der Waals surface area contributed by atoms with Gasteiger partial charge in [0, 0.05) is 12.6 Å².